The van der Waals surface area contributed by atoms with Gasteiger partial charge in [0.2, 0.25) is 5.28 Å². The summed E-state index contributed by atoms with van der Waals surface area (Å²) in [6.45, 7) is 1.72. The monoisotopic (exact) mass is 300 g/mol. The number of hydrogen-bond acceptors (Lipinski definition) is 8. The van der Waals surface area contributed by atoms with Gasteiger partial charge in [0.15, 0.2) is 0 Å². The minimum absolute atomic E-state index is 0.0146. The van der Waals surface area contributed by atoms with Gasteiger partial charge in [-0.3, -0.25) is 0 Å². The highest BCUT2D eigenvalue weighted by atomic mass is 35.5. The van der Waals surface area contributed by atoms with Crippen molar-refractivity contribution in [3.05, 3.63) is 17.9 Å². The summed E-state index contributed by atoms with van der Waals surface area (Å²) in [7, 11) is 1.61. The van der Waals surface area contributed by atoms with Gasteiger partial charge < -0.3 is 14.2 Å². The molecule has 0 N–H and O–H groups in total. The number of methoxy groups -OCH3 is 1. The van der Waals surface area contributed by atoms with Crippen LogP contribution >= 0.6 is 11.6 Å². The standard InChI is InChI=1S/C10H13ClN6O3/c1-18-2-3-19-4-5-20-10-15-8(11)14-9(16-10)17-7-12-6-13-17/h6-7H,2-5H2,1H3. The molecule has 0 radical (unpaired) electrons. The van der Waals surface area contributed by atoms with Gasteiger partial charge in [-0.1, -0.05) is 0 Å². The van der Waals surface area contributed by atoms with Gasteiger partial charge in [-0.25, -0.2) is 4.98 Å². The zero-order chi connectivity index (χ0) is 14.2. The van der Waals surface area contributed by atoms with Crippen molar-refractivity contribution >= 4 is 11.6 Å². The average Bonchev–Trinajstić information content (AvgIpc) is 2.96. The summed E-state index contributed by atoms with van der Waals surface area (Å²) in [4.78, 5) is 15.6. The second-order valence-corrected chi connectivity index (χ2v) is 3.82. The Labute approximate surface area is 119 Å². The van der Waals surface area contributed by atoms with Crippen LogP contribution in [0.1, 0.15) is 0 Å². The van der Waals surface area contributed by atoms with E-state index in [4.69, 9.17) is 25.8 Å². The number of aromatic nitrogens is 6. The Morgan fingerprint density at radius 2 is 2.00 bits per heavy atom. The summed E-state index contributed by atoms with van der Waals surface area (Å²) in [6.07, 6.45) is 2.81. The topological polar surface area (TPSA) is 97.1 Å². The number of nitrogens with zero attached hydrogens (tertiary/aromatic N) is 6. The molecule has 2 aromatic rings. The zero-order valence-electron chi connectivity index (χ0n) is 10.8. The fourth-order valence-electron chi connectivity index (χ4n) is 1.24. The van der Waals surface area contributed by atoms with Gasteiger partial charge in [0.05, 0.1) is 19.8 Å². The molecule has 2 rings (SSSR count). The Balaban J connectivity index is 1.88. The Kier molecular flexibility index (Phi) is 5.59. The molecular formula is C10H13ClN6O3. The summed E-state index contributed by atoms with van der Waals surface area (Å²) >= 11 is 5.80. The van der Waals surface area contributed by atoms with Crippen LogP contribution in [0.25, 0.3) is 5.95 Å². The zero-order valence-corrected chi connectivity index (χ0v) is 11.5. The van der Waals surface area contributed by atoms with Crippen molar-refractivity contribution in [2.45, 2.75) is 0 Å². The SMILES string of the molecule is COCCOCCOc1nc(Cl)nc(-n2cncn2)n1. The maximum atomic E-state index is 5.80. The first kappa shape index (κ1) is 14.6. The predicted molar refractivity (Wildman–Crippen MR) is 67.9 cm³/mol. The van der Waals surface area contributed by atoms with E-state index in [0.717, 1.165) is 0 Å². The molecule has 0 saturated carbocycles. The van der Waals surface area contributed by atoms with Crippen LogP contribution in [0.3, 0.4) is 0 Å². The average molecular weight is 301 g/mol. The number of ether oxygens (including phenoxy) is 3. The normalized spacial score (nSPS) is 10.7. The molecule has 0 aromatic carbocycles. The molecule has 9 nitrogen and oxygen atoms in total. The van der Waals surface area contributed by atoms with Crippen LogP contribution in [0.2, 0.25) is 5.28 Å². The molecule has 0 atom stereocenters. The molecule has 0 saturated heterocycles. The van der Waals surface area contributed by atoms with Crippen molar-refractivity contribution in [3.8, 4) is 12.0 Å². The van der Waals surface area contributed by atoms with E-state index in [1.807, 2.05) is 0 Å². The third-order valence-electron chi connectivity index (χ3n) is 2.09. The number of rotatable bonds is 8. The summed E-state index contributed by atoms with van der Waals surface area (Å²) in [5.41, 5.74) is 0. The van der Waals surface area contributed by atoms with Crippen molar-refractivity contribution in [1.82, 2.24) is 29.7 Å². The molecular weight excluding hydrogens is 288 g/mol. The fraction of sp³-hybridized carbons (Fsp3) is 0.500. The molecule has 0 spiro atoms. The van der Waals surface area contributed by atoms with Gasteiger partial charge in [-0.05, 0) is 11.6 Å². The van der Waals surface area contributed by atoms with Gasteiger partial charge in [0.1, 0.15) is 19.3 Å². The van der Waals surface area contributed by atoms with Crippen LogP contribution < -0.4 is 4.74 Å². The van der Waals surface area contributed by atoms with Crippen molar-refractivity contribution in [2.24, 2.45) is 0 Å². The smallest absolute Gasteiger partial charge is 0.322 e. The lowest BCUT2D eigenvalue weighted by atomic mass is 10.7. The third kappa shape index (κ3) is 4.37. The molecule has 0 bridgehead atoms. The largest absolute Gasteiger partial charge is 0.461 e. The van der Waals surface area contributed by atoms with Crippen molar-refractivity contribution < 1.29 is 14.2 Å². The molecule has 108 valence electrons. The van der Waals surface area contributed by atoms with Crippen LogP contribution in [0.15, 0.2) is 12.7 Å². The molecule has 2 aromatic heterocycles. The second kappa shape index (κ2) is 7.68. The Morgan fingerprint density at radius 3 is 2.75 bits per heavy atom. The van der Waals surface area contributed by atoms with E-state index in [2.05, 4.69) is 25.0 Å². The predicted octanol–water partition coefficient (Wildman–Crippen LogP) is 0.147. The minimum Gasteiger partial charge on any atom is -0.461 e. The molecule has 10 heteroatoms. The van der Waals surface area contributed by atoms with Gasteiger partial charge in [-0.15, -0.1) is 0 Å². The summed E-state index contributed by atoms with van der Waals surface area (Å²) < 4.78 is 16.8. The van der Waals surface area contributed by atoms with Gasteiger partial charge in [0, 0.05) is 7.11 Å². The molecule has 0 aliphatic carbocycles. The third-order valence-corrected chi connectivity index (χ3v) is 2.26. The van der Waals surface area contributed by atoms with E-state index < -0.39 is 0 Å². The maximum Gasteiger partial charge on any atom is 0.322 e. The highest BCUT2D eigenvalue weighted by Crippen LogP contribution is 2.10. The molecule has 20 heavy (non-hydrogen) atoms. The molecule has 0 unspecified atom stereocenters. The number of hydrogen-bond donors (Lipinski definition) is 0. The lowest BCUT2D eigenvalue weighted by molar-refractivity contribution is 0.0528. The highest BCUT2D eigenvalue weighted by molar-refractivity contribution is 6.28. The Morgan fingerprint density at radius 1 is 1.15 bits per heavy atom. The molecule has 0 aliphatic rings. The van der Waals surface area contributed by atoms with Crippen LogP contribution in [-0.4, -0.2) is 63.3 Å². The Hall–Kier alpha value is -1.84. The van der Waals surface area contributed by atoms with Gasteiger partial charge >= 0.3 is 6.01 Å². The van der Waals surface area contributed by atoms with E-state index in [1.165, 1.54) is 17.3 Å². The molecule has 0 fully saturated rings. The maximum absolute atomic E-state index is 5.80. The van der Waals surface area contributed by atoms with Crippen LogP contribution in [0.5, 0.6) is 6.01 Å². The van der Waals surface area contributed by atoms with E-state index in [0.29, 0.717) is 26.4 Å². The van der Waals surface area contributed by atoms with Crippen LogP contribution in [-0.2, 0) is 9.47 Å². The van der Waals surface area contributed by atoms with E-state index in [1.54, 1.807) is 7.11 Å². The first-order valence-corrected chi connectivity index (χ1v) is 6.13. The minimum atomic E-state index is 0.0146. The van der Waals surface area contributed by atoms with Gasteiger partial charge in [-0.2, -0.15) is 24.7 Å². The lowest BCUT2D eigenvalue weighted by Gasteiger charge is -2.06. The van der Waals surface area contributed by atoms with E-state index >= 15 is 0 Å². The van der Waals surface area contributed by atoms with Crippen molar-refractivity contribution in [1.29, 1.82) is 0 Å². The fourth-order valence-corrected chi connectivity index (χ4v) is 1.38. The lowest BCUT2D eigenvalue weighted by Crippen LogP contribution is -2.12. The first-order valence-electron chi connectivity index (χ1n) is 5.75. The molecule has 0 amide bonds. The summed E-state index contributed by atoms with van der Waals surface area (Å²) in [5.74, 6) is 0.234. The number of halogens is 1. The Bertz CT molecular complexity index is 524. The van der Waals surface area contributed by atoms with Crippen molar-refractivity contribution in [2.75, 3.05) is 33.5 Å². The molecule has 2 heterocycles. The van der Waals surface area contributed by atoms with E-state index in [9.17, 15) is 0 Å². The second-order valence-electron chi connectivity index (χ2n) is 3.48. The van der Waals surface area contributed by atoms with Crippen molar-refractivity contribution in [3.63, 3.8) is 0 Å². The van der Waals surface area contributed by atoms with Gasteiger partial charge in [0.25, 0.3) is 5.95 Å². The summed E-state index contributed by atoms with van der Waals surface area (Å²) in [6, 6.07) is 0.103. The quantitative estimate of drug-likeness (QED) is 0.635. The summed E-state index contributed by atoms with van der Waals surface area (Å²) in [5, 5.41) is 3.91. The van der Waals surface area contributed by atoms with Crippen LogP contribution in [0.4, 0.5) is 0 Å². The molecule has 0 aliphatic heterocycles. The van der Waals surface area contributed by atoms with Crippen LogP contribution in [0, 0.1) is 0 Å². The highest BCUT2D eigenvalue weighted by Gasteiger charge is 2.08. The first-order chi connectivity index (χ1) is 9.79. The van der Waals surface area contributed by atoms with E-state index in [-0.39, 0.29) is 17.2 Å².